The molecule has 0 aliphatic carbocycles. The van der Waals surface area contributed by atoms with Crippen molar-refractivity contribution in [2.75, 3.05) is 0 Å². The third-order valence-corrected chi connectivity index (χ3v) is 3.82. The van der Waals surface area contributed by atoms with Gasteiger partial charge in [0.2, 0.25) is 0 Å². The van der Waals surface area contributed by atoms with Crippen molar-refractivity contribution in [3.05, 3.63) is 12.2 Å². The molecule has 0 bridgehead atoms. The summed E-state index contributed by atoms with van der Waals surface area (Å²) in [6.45, 7) is 2.26. The zero-order chi connectivity index (χ0) is 15.6. The van der Waals surface area contributed by atoms with Gasteiger partial charge in [-0.15, -0.1) is 0 Å². The van der Waals surface area contributed by atoms with Crippen LogP contribution in [-0.4, -0.2) is 12.1 Å². The Hall–Kier alpha value is -0.920. The minimum absolute atomic E-state index is 0.257. The molecule has 2 heteroatoms. The second-order valence-corrected chi connectivity index (χ2v) is 5.92. The van der Waals surface area contributed by atoms with Gasteiger partial charge in [-0.05, 0) is 32.1 Å². The summed E-state index contributed by atoms with van der Waals surface area (Å²) in [4.78, 5) is 20.9. The molecule has 0 atom stereocenters. The maximum absolute atomic E-state index is 10.8. The first-order chi connectivity index (χ1) is 10.3. The van der Waals surface area contributed by atoms with Gasteiger partial charge in [-0.1, -0.05) is 70.4 Å². The largest absolute Gasteiger partial charge is 0.295 e. The third-order valence-electron chi connectivity index (χ3n) is 3.82. The Kier molecular flexibility index (Phi) is 16.4. The Morgan fingerprint density at radius 2 is 1.19 bits per heavy atom. The Morgan fingerprint density at radius 1 is 0.714 bits per heavy atom. The van der Waals surface area contributed by atoms with Gasteiger partial charge in [0.15, 0.2) is 12.1 Å². The molecule has 2 nitrogen and oxygen atoms in total. The number of ketones is 1. The van der Waals surface area contributed by atoms with Crippen LogP contribution in [0.25, 0.3) is 0 Å². The summed E-state index contributed by atoms with van der Waals surface area (Å²) in [7, 11) is 0. The summed E-state index contributed by atoms with van der Waals surface area (Å²) in [5.74, 6) is -0.257. The van der Waals surface area contributed by atoms with Crippen molar-refractivity contribution >= 4 is 12.1 Å². The number of carbonyl (C=O) groups excluding carboxylic acids is 2. The smallest absolute Gasteiger partial charge is 0.195 e. The molecule has 0 amide bonds. The van der Waals surface area contributed by atoms with Crippen molar-refractivity contribution in [2.24, 2.45) is 0 Å². The van der Waals surface area contributed by atoms with E-state index < -0.39 is 0 Å². The first-order valence-corrected chi connectivity index (χ1v) is 8.94. The van der Waals surface area contributed by atoms with Crippen molar-refractivity contribution < 1.29 is 9.59 Å². The monoisotopic (exact) mass is 294 g/mol. The Balaban J connectivity index is 3.11. The molecule has 0 aromatic heterocycles. The SMILES string of the molecule is CCCCCCCC/C=C\CCCCCCCC(=O)C=O. The van der Waals surface area contributed by atoms with Gasteiger partial charge in [-0.25, -0.2) is 0 Å². The predicted octanol–water partition coefficient (Wildman–Crippen LogP) is 5.79. The van der Waals surface area contributed by atoms with Crippen LogP contribution in [0.15, 0.2) is 12.2 Å². The van der Waals surface area contributed by atoms with E-state index in [-0.39, 0.29) is 5.78 Å². The minimum atomic E-state index is -0.257. The molecule has 0 aromatic carbocycles. The molecule has 0 aromatic rings. The van der Waals surface area contributed by atoms with Gasteiger partial charge in [-0.2, -0.15) is 0 Å². The van der Waals surface area contributed by atoms with E-state index in [1.165, 1.54) is 70.6 Å². The molecular weight excluding hydrogens is 260 g/mol. The van der Waals surface area contributed by atoms with Crippen LogP contribution in [0.5, 0.6) is 0 Å². The van der Waals surface area contributed by atoms with Gasteiger partial charge < -0.3 is 0 Å². The highest BCUT2D eigenvalue weighted by Crippen LogP contribution is 2.09. The molecule has 0 fully saturated rings. The summed E-state index contributed by atoms with van der Waals surface area (Å²) in [6, 6.07) is 0. The molecule has 21 heavy (non-hydrogen) atoms. The lowest BCUT2D eigenvalue weighted by molar-refractivity contribution is -0.129. The first-order valence-electron chi connectivity index (χ1n) is 8.94. The van der Waals surface area contributed by atoms with Crippen LogP contribution < -0.4 is 0 Å². The molecule has 0 heterocycles. The normalized spacial score (nSPS) is 11.1. The number of hydrogen-bond acceptors (Lipinski definition) is 2. The minimum Gasteiger partial charge on any atom is -0.295 e. The molecule has 0 radical (unpaired) electrons. The molecule has 0 saturated carbocycles. The van der Waals surface area contributed by atoms with E-state index >= 15 is 0 Å². The van der Waals surface area contributed by atoms with E-state index in [4.69, 9.17) is 0 Å². The average Bonchev–Trinajstić information content (AvgIpc) is 2.50. The summed E-state index contributed by atoms with van der Waals surface area (Å²) < 4.78 is 0. The molecule has 0 saturated heterocycles. The lowest BCUT2D eigenvalue weighted by atomic mass is 10.1. The molecule has 0 spiro atoms. The van der Waals surface area contributed by atoms with Crippen LogP contribution in [-0.2, 0) is 9.59 Å². The van der Waals surface area contributed by atoms with E-state index in [1.807, 2.05) is 0 Å². The maximum Gasteiger partial charge on any atom is 0.195 e. The molecule has 0 rings (SSSR count). The molecule has 122 valence electrons. The first kappa shape index (κ1) is 20.1. The van der Waals surface area contributed by atoms with Crippen molar-refractivity contribution in [3.8, 4) is 0 Å². The van der Waals surface area contributed by atoms with Crippen LogP contribution in [0, 0.1) is 0 Å². The lowest BCUT2D eigenvalue weighted by Crippen LogP contribution is -1.97. The topological polar surface area (TPSA) is 34.1 Å². The Bertz CT molecular complexity index is 269. The van der Waals surface area contributed by atoms with Gasteiger partial charge >= 0.3 is 0 Å². The fourth-order valence-electron chi connectivity index (χ4n) is 2.43. The van der Waals surface area contributed by atoms with Crippen molar-refractivity contribution in [2.45, 2.75) is 96.8 Å². The molecule has 0 N–H and O–H groups in total. The Morgan fingerprint density at radius 3 is 1.71 bits per heavy atom. The number of unbranched alkanes of at least 4 members (excludes halogenated alkanes) is 11. The second kappa shape index (κ2) is 17.1. The fraction of sp³-hybridized carbons (Fsp3) is 0.789. The van der Waals surface area contributed by atoms with E-state index in [1.54, 1.807) is 0 Å². The van der Waals surface area contributed by atoms with Gasteiger partial charge in [0.05, 0.1) is 0 Å². The number of Topliss-reactive ketones (excluding diaryl/α,β-unsaturated/α-hetero) is 1. The van der Waals surface area contributed by atoms with Crippen LogP contribution in [0.2, 0.25) is 0 Å². The van der Waals surface area contributed by atoms with E-state index in [0.717, 1.165) is 12.8 Å². The molecule has 0 aliphatic heterocycles. The van der Waals surface area contributed by atoms with E-state index in [0.29, 0.717) is 12.7 Å². The van der Waals surface area contributed by atoms with E-state index in [2.05, 4.69) is 19.1 Å². The number of rotatable bonds is 16. The quantitative estimate of drug-likeness (QED) is 0.156. The molecule has 0 aliphatic rings. The van der Waals surface area contributed by atoms with Crippen LogP contribution >= 0.6 is 0 Å². The summed E-state index contributed by atoms with van der Waals surface area (Å²) in [6.07, 6.45) is 21.8. The lowest BCUT2D eigenvalue weighted by Gasteiger charge is -1.99. The highest BCUT2D eigenvalue weighted by Gasteiger charge is 1.97. The molecular formula is C19H34O2. The summed E-state index contributed by atoms with van der Waals surface area (Å²) in [5, 5.41) is 0. The maximum atomic E-state index is 10.8. The van der Waals surface area contributed by atoms with Crippen LogP contribution in [0.3, 0.4) is 0 Å². The standard InChI is InChI=1S/C19H34O2/c1-2-3-4-5-6-7-8-9-10-11-12-13-14-15-16-17-19(21)18-20/h9-10,18H,2-8,11-17H2,1H3/b10-9-. The third kappa shape index (κ3) is 17.0. The number of allylic oxidation sites excluding steroid dienone is 2. The average molecular weight is 294 g/mol. The van der Waals surface area contributed by atoms with Crippen molar-refractivity contribution in [3.63, 3.8) is 0 Å². The zero-order valence-electron chi connectivity index (χ0n) is 13.9. The number of aldehydes is 1. The van der Waals surface area contributed by atoms with Gasteiger partial charge in [0.25, 0.3) is 0 Å². The predicted molar refractivity (Wildman–Crippen MR) is 90.5 cm³/mol. The van der Waals surface area contributed by atoms with Crippen molar-refractivity contribution in [1.29, 1.82) is 0 Å². The summed E-state index contributed by atoms with van der Waals surface area (Å²) >= 11 is 0. The fourth-order valence-corrected chi connectivity index (χ4v) is 2.43. The van der Waals surface area contributed by atoms with E-state index in [9.17, 15) is 9.59 Å². The van der Waals surface area contributed by atoms with Crippen molar-refractivity contribution in [1.82, 2.24) is 0 Å². The summed E-state index contributed by atoms with van der Waals surface area (Å²) in [5.41, 5.74) is 0. The number of hydrogen-bond donors (Lipinski definition) is 0. The van der Waals surface area contributed by atoms with Gasteiger partial charge in [0, 0.05) is 6.42 Å². The highest BCUT2D eigenvalue weighted by atomic mass is 16.2. The van der Waals surface area contributed by atoms with Crippen LogP contribution in [0.4, 0.5) is 0 Å². The zero-order valence-corrected chi connectivity index (χ0v) is 13.9. The van der Waals surface area contributed by atoms with Gasteiger partial charge in [0.1, 0.15) is 0 Å². The van der Waals surface area contributed by atoms with Crippen LogP contribution in [0.1, 0.15) is 96.8 Å². The van der Waals surface area contributed by atoms with Gasteiger partial charge in [-0.3, -0.25) is 9.59 Å². The highest BCUT2D eigenvalue weighted by molar-refractivity contribution is 6.24. The Labute approximate surface area is 131 Å². The molecule has 0 unspecified atom stereocenters. The number of carbonyl (C=O) groups is 2. The second-order valence-electron chi connectivity index (χ2n) is 5.92.